The predicted molar refractivity (Wildman–Crippen MR) is 133 cm³/mol. The zero-order chi connectivity index (χ0) is 26.1. The Morgan fingerprint density at radius 3 is 2.34 bits per heavy atom. The van der Waals surface area contributed by atoms with E-state index >= 15 is 0 Å². The van der Waals surface area contributed by atoms with E-state index in [1.165, 1.54) is 6.92 Å². The smallest absolute Gasteiger partial charge is 0.303 e. The summed E-state index contributed by atoms with van der Waals surface area (Å²) in [7, 11) is 1.85. The van der Waals surface area contributed by atoms with Crippen LogP contribution < -0.4 is 21.7 Å². The van der Waals surface area contributed by atoms with Crippen molar-refractivity contribution in [1.29, 1.82) is 0 Å². The number of Topliss-reactive ketones (excluding diaryl/α,β-unsaturated/α-hetero) is 1. The maximum Gasteiger partial charge on any atom is 0.303 e. The van der Waals surface area contributed by atoms with Crippen LogP contribution in [-0.4, -0.2) is 55.8 Å². The van der Waals surface area contributed by atoms with Crippen molar-refractivity contribution < 1.29 is 19.5 Å². The minimum atomic E-state index is -1.03. The first-order chi connectivity index (χ1) is 16.6. The second-order valence-corrected chi connectivity index (χ2v) is 7.47. The predicted octanol–water partition coefficient (Wildman–Crippen LogP) is 1.80. The number of amides is 1. The van der Waals surface area contributed by atoms with Gasteiger partial charge in [0.15, 0.2) is 22.8 Å². The number of hydrogen-bond donors (Lipinski definition) is 4. The van der Waals surface area contributed by atoms with Crippen LogP contribution in [0.25, 0.3) is 11.2 Å². The van der Waals surface area contributed by atoms with Gasteiger partial charge in [0.05, 0.1) is 24.5 Å². The molecule has 0 spiro atoms. The SMILES string of the molecule is CC.CC(=O)C(CCC(=O)O)NC(=O)c1ccc(N(C)Cc2cnc3nc(N)nc(N)c3n2)cc1. The molecule has 12 heteroatoms. The number of nitrogens with one attached hydrogen (secondary N) is 1. The molecule has 6 N–H and O–H groups in total. The maximum atomic E-state index is 12.5. The van der Waals surface area contributed by atoms with E-state index in [1.807, 2.05) is 25.8 Å². The number of rotatable bonds is 9. The third kappa shape index (κ3) is 7.32. The molecule has 0 radical (unpaired) electrons. The number of ketones is 1. The zero-order valence-electron chi connectivity index (χ0n) is 20.1. The fourth-order valence-corrected chi connectivity index (χ4v) is 3.15. The summed E-state index contributed by atoms with van der Waals surface area (Å²) < 4.78 is 0. The topological polar surface area (TPSA) is 190 Å². The molecule has 0 bridgehead atoms. The van der Waals surface area contributed by atoms with Crippen LogP contribution in [0.4, 0.5) is 17.5 Å². The first-order valence-electron chi connectivity index (χ1n) is 11.0. The molecule has 0 saturated heterocycles. The van der Waals surface area contributed by atoms with Crippen LogP contribution in [0.15, 0.2) is 30.5 Å². The van der Waals surface area contributed by atoms with Gasteiger partial charge in [-0.1, -0.05) is 13.8 Å². The van der Waals surface area contributed by atoms with Gasteiger partial charge in [-0.25, -0.2) is 9.97 Å². The number of carbonyl (C=O) groups is 3. The van der Waals surface area contributed by atoms with Gasteiger partial charge in [-0.2, -0.15) is 9.97 Å². The molecule has 3 aromatic rings. The fourth-order valence-electron chi connectivity index (χ4n) is 3.15. The summed E-state index contributed by atoms with van der Waals surface area (Å²) in [6.07, 6.45) is 1.40. The zero-order valence-corrected chi connectivity index (χ0v) is 20.1. The van der Waals surface area contributed by atoms with Crippen LogP contribution in [0.2, 0.25) is 0 Å². The summed E-state index contributed by atoms with van der Waals surface area (Å²) >= 11 is 0. The standard InChI is InChI=1S/C21H24N8O4.C2H6/c1-11(30)15(7-8-16(31)32)26-20(33)12-3-5-14(6-4-12)29(2)10-13-9-24-19-17(25-13)18(22)27-21(23)28-19;1-2/h3-6,9,15H,7-8,10H2,1-2H3,(H,26,33)(H,31,32)(H4,22,23,24,27,28);1-2H3. The normalized spacial score (nSPS) is 11.2. The number of fused-ring (bicyclic) bond motifs is 1. The third-order valence-electron chi connectivity index (χ3n) is 4.91. The molecule has 0 aliphatic heterocycles. The Morgan fingerprint density at radius 2 is 1.74 bits per heavy atom. The van der Waals surface area contributed by atoms with Gasteiger partial charge in [-0.3, -0.25) is 14.4 Å². The highest BCUT2D eigenvalue weighted by Crippen LogP contribution is 2.19. The molecule has 1 aromatic carbocycles. The number of carboxylic acid groups (broad SMARTS) is 1. The number of aliphatic carboxylic acids is 1. The summed E-state index contributed by atoms with van der Waals surface area (Å²) in [6.45, 7) is 5.72. The van der Waals surface area contributed by atoms with Crippen LogP contribution >= 0.6 is 0 Å². The molecule has 2 heterocycles. The summed E-state index contributed by atoms with van der Waals surface area (Å²) in [4.78, 5) is 53.4. The van der Waals surface area contributed by atoms with Crippen molar-refractivity contribution in [3.63, 3.8) is 0 Å². The van der Waals surface area contributed by atoms with Gasteiger partial charge in [0.25, 0.3) is 5.91 Å². The minimum absolute atomic E-state index is 0.0276. The third-order valence-corrected chi connectivity index (χ3v) is 4.91. The molecular weight excluding hydrogens is 452 g/mol. The molecule has 3 rings (SSSR count). The number of nitrogens with two attached hydrogens (primary N) is 2. The molecule has 0 aliphatic rings. The van der Waals surface area contributed by atoms with E-state index in [0.29, 0.717) is 29.0 Å². The van der Waals surface area contributed by atoms with E-state index in [4.69, 9.17) is 16.6 Å². The van der Waals surface area contributed by atoms with Crippen molar-refractivity contribution in [2.45, 2.75) is 46.2 Å². The Labute approximate surface area is 202 Å². The van der Waals surface area contributed by atoms with E-state index in [2.05, 4.69) is 25.3 Å². The Balaban J connectivity index is 0.00000210. The van der Waals surface area contributed by atoms with Gasteiger partial charge in [0.1, 0.15) is 0 Å². The number of hydrogen-bond acceptors (Lipinski definition) is 10. The lowest BCUT2D eigenvalue weighted by Crippen LogP contribution is -2.40. The van der Waals surface area contributed by atoms with Gasteiger partial charge >= 0.3 is 5.97 Å². The Bertz CT molecular complexity index is 1200. The van der Waals surface area contributed by atoms with E-state index in [1.54, 1.807) is 30.5 Å². The number of anilines is 3. The van der Waals surface area contributed by atoms with Gasteiger partial charge in [-0.05, 0) is 37.6 Å². The van der Waals surface area contributed by atoms with Crippen molar-refractivity contribution in [3.8, 4) is 0 Å². The summed E-state index contributed by atoms with van der Waals surface area (Å²) in [5.74, 6) is -1.61. The first-order valence-corrected chi connectivity index (χ1v) is 11.0. The second kappa shape index (κ2) is 12.2. The number of nitrogen functional groups attached to an aromatic ring is 2. The van der Waals surface area contributed by atoms with E-state index in [0.717, 1.165) is 5.69 Å². The van der Waals surface area contributed by atoms with Crippen molar-refractivity contribution in [1.82, 2.24) is 25.3 Å². The number of aromatic nitrogens is 4. The van der Waals surface area contributed by atoms with Crippen LogP contribution in [0.3, 0.4) is 0 Å². The Hall–Kier alpha value is -4.35. The molecular formula is C23H30N8O4. The van der Waals surface area contributed by atoms with E-state index < -0.39 is 17.9 Å². The fraction of sp³-hybridized carbons (Fsp3) is 0.348. The average molecular weight is 483 g/mol. The van der Waals surface area contributed by atoms with Crippen molar-refractivity contribution in [2.75, 3.05) is 23.4 Å². The van der Waals surface area contributed by atoms with Crippen LogP contribution in [0.1, 0.15) is 49.7 Å². The number of benzene rings is 1. The average Bonchev–Trinajstić information content (AvgIpc) is 2.83. The van der Waals surface area contributed by atoms with Crippen molar-refractivity contribution >= 4 is 46.3 Å². The van der Waals surface area contributed by atoms with Crippen LogP contribution in [0.5, 0.6) is 0 Å². The lowest BCUT2D eigenvalue weighted by molar-refractivity contribution is -0.137. The highest BCUT2D eigenvalue weighted by atomic mass is 16.4. The quantitative estimate of drug-likeness (QED) is 0.348. The van der Waals surface area contributed by atoms with Crippen molar-refractivity contribution in [3.05, 3.63) is 41.7 Å². The number of carbonyl (C=O) groups excluding carboxylic acids is 2. The second-order valence-electron chi connectivity index (χ2n) is 7.47. The lowest BCUT2D eigenvalue weighted by Gasteiger charge is -2.19. The molecule has 12 nitrogen and oxygen atoms in total. The molecule has 0 saturated carbocycles. The lowest BCUT2D eigenvalue weighted by atomic mass is 10.1. The Kier molecular flexibility index (Phi) is 9.38. The minimum Gasteiger partial charge on any atom is -0.481 e. The summed E-state index contributed by atoms with van der Waals surface area (Å²) in [6, 6.07) is 5.89. The van der Waals surface area contributed by atoms with Crippen LogP contribution in [0, 0.1) is 0 Å². The van der Waals surface area contributed by atoms with Crippen LogP contribution in [-0.2, 0) is 16.1 Å². The number of carboxylic acids is 1. The molecule has 0 fully saturated rings. The molecule has 1 amide bonds. The van der Waals surface area contributed by atoms with Gasteiger partial charge in [-0.15, -0.1) is 0 Å². The molecule has 2 aromatic heterocycles. The first kappa shape index (κ1) is 26.9. The van der Waals surface area contributed by atoms with Gasteiger partial charge in [0, 0.05) is 24.7 Å². The van der Waals surface area contributed by atoms with E-state index in [-0.39, 0.29) is 30.4 Å². The molecule has 35 heavy (non-hydrogen) atoms. The van der Waals surface area contributed by atoms with Gasteiger partial charge in [0.2, 0.25) is 5.95 Å². The Morgan fingerprint density at radius 1 is 1.09 bits per heavy atom. The maximum absolute atomic E-state index is 12.5. The van der Waals surface area contributed by atoms with E-state index in [9.17, 15) is 14.4 Å². The van der Waals surface area contributed by atoms with Gasteiger partial charge < -0.3 is 26.8 Å². The monoisotopic (exact) mass is 482 g/mol. The molecule has 1 unspecified atom stereocenters. The largest absolute Gasteiger partial charge is 0.481 e. The highest BCUT2D eigenvalue weighted by molar-refractivity contribution is 5.97. The number of nitrogens with zero attached hydrogens (tertiary/aromatic N) is 5. The summed E-state index contributed by atoms with van der Waals surface area (Å²) in [5, 5.41) is 11.4. The highest BCUT2D eigenvalue weighted by Gasteiger charge is 2.19. The molecule has 0 aliphatic carbocycles. The molecule has 1 atom stereocenters. The summed E-state index contributed by atoms with van der Waals surface area (Å²) in [5.41, 5.74) is 13.9. The van der Waals surface area contributed by atoms with Crippen molar-refractivity contribution in [2.24, 2.45) is 0 Å². The molecule has 186 valence electrons.